The van der Waals surface area contributed by atoms with E-state index in [2.05, 4.69) is 38.3 Å². The molecule has 90 heavy (non-hydrogen) atoms. The zero-order chi connectivity index (χ0) is 66.2. The molecule has 2 heterocycles. The smallest absolute Gasteiger partial charge is 0.457 e. The molecule has 10 N–H and O–H groups in total. The van der Waals surface area contributed by atoms with Crippen molar-refractivity contribution in [2.75, 3.05) is 19.8 Å². The van der Waals surface area contributed by atoms with Gasteiger partial charge in [-0.25, -0.2) is 4.57 Å². The van der Waals surface area contributed by atoms with Gasteiger partial charge < -0.3 is 74.7 Å². The van der Waals surface area contributed by atoms with Crippen molar-refractivity contribution in [2.24, 2.45) is 0 Å². The Morgan fingerprint density at radius 1 is 0.467 bits per heavy atom. The molecule has 530 valence electrons. The van der Waals surface area contributed by atoms with E-state index in [1.54, 1.807) is 0 Å². The van der Waals surface area contributed by atoms with Gasteiger partial charge in [-0.05, 0) is 25.7 Å². The van der Waals surface area contributed by atoms with Crippen molar-refractivity contribution in [3.8, 4) is 0 Å². The van der Waals surface area contributed by atoms with E-state index in [-0.39, 0.29) is 19.4 Å². The number of nitrogens with one attached hydrogen (secondary N) is 2. The number of hydrogen-bond acceptors (Lipinski definition) is 17. The lowest BCUT2D eigenvalue weighted by Gasteiger charge is -2.46. The first-order chi connectivity index (χ1) is 43.3. The third kappa shape index (κ3) is 40.8. The number of carbonyl (C=O) groups excluding carboxylic acids is 4. The molecule has 2 rings (SSSR count). The molecule has 2 saturated heterocycles. The summed E-state index contributed by atoms with van der Waals surface area (Å²) in [5.41, 5.74) is 0. The Labute approximate surface area is 542 Å². The molecule has 2 amide bonds. The number of unbranched alkanes of at least 4 members (excludes halogenated alkanes) is 32. The van der Waals surface area contributed by atoms with Gasteiger partial charge in [0.1, 0.15) is 30.5 Å². The second-order valence-electron chi connectivity index (χ2n) is 26.1. The molecule has 0 unspecified atom stereocenters. The van der Waals surface area contributed by atoms with Crippen LogP contribution in [-0.4, -0.2) is 163 Å². The fourth-order valence-electron chi connectivity index (χ4n) is 12.1. The average Bonchev–Trinajstić information content (AvgIpc) is 2.40. The van der Waals surface area contributed by atoms with Gasteiger partial charge in [0.25, 0.3) is 0 Å². The predicted molar refractivity (Wildman–Crippen MR) is 348 cm³/mol. The number of carbonyl (C=O) groups is 4. The number of phosphoric ester groups is 1. The van der Waals surface area contributed by atoms with Gasteiger partial charge in [0.15, 0.2) is 18.5 Å². The quantitative estimate of drug-likeness (QED) is 0.0154. The van der Waals surface area contributed by atoms with Crippen LogP contribution in [0.3, 0.4) is 0 Å². The van der Waals surface area contributed by atoms with Crippen LogP contribution in [0.15, 0.2) is 0 Å². The minimum absolute atomic E-state index is 0.259. The molecule has 2 fully saturated rings. The van der Waals surface area contributed by atoms with Gasteiger partial charge in [0, 0.05) is 0 Å². The highest BCUT2D eigenvalue weighted by Gasteiger charge is 2.53. The molecule has 13 atom stereocenters. The van der Waals surface area contributed by atoms with Gasteiger partial charge >= 0.3 is 19.8 Å². The van der Waals surface area contributed by atoms with Crippen molar-refractivity contribution < 1.29 is 92.4 Å². The average molecular weight is 1310 g/mol. The van der Waals surface area contributed by atoms with E-state index in [0.717, 1.165) is 116 Å². The van der Waals surface area contributed by atoms with Crippen LogP contribution < -0.4 is 10.6 Å². The Morgan fingerprint density at radius 3 is 1.16 bits per heavy atom. The molecule has 0 aromatic rings. The molecule has 0 aliphatic carbocycles. The monoisotopic (exact) mass is 1310 g/mol. The van der Waals surface area contributed by atoms with Crippen LogP contribution >= 0.6 is 7.82 Å². The van der Waals surface area contributed by atoms with Crippen LogP contribution in [-0.2, 0) is 52.0 Å². The summed E-state index contributed by atoms with van der Waals surface area (Å²) in [6.07, 6.45) is 21.8. The molecule has 0 radical (unpaired) electrons. The molecule has 0 saturated carbocycles. The van der Waals surface area contributed by atoms with Gasteiger partial charge in [-0.2, -0.15) is 0 Å². The zero-order valence-electron chi connectivity index (χ0n) is 56.3. The maximum Gasteiger partial charge on any atom is 0.470 e. The number of hydrogen-bond donors (Lipinski definition) is 10. The highest BCUT2D eigenvalue weighted by atomic mass is 31.2. The van der Waals surface area contributed by atoms with Crippen molar-refractivity contribution in [1.82, 2.24) is 10.6 Å². The number of aliphatic hydroxyl groups excluding tert-OH is 6. The van der Waals surface area contributed by atoms with Crippen LogP contribution in [0, 0.1) is 0 Å². The van der Waals surface area contributed by atoms with Gasteiger partial charge in [-0.15, -0.1) is 0 Å². The fraction of sp³-hybridized carbons (Fsp3) is 0.941. The molecule has 2 aliphatic rings. The number of amides is 2. The van der Waals surface area contributed by atoms with Gasteiger partial charge in [0.2, 0.25) is 11.8 Å². The first-order valence-electron chi connectivity index (χ1n) is 36.0. The SMILES string of the molecule is CCCCCCCCCCC[C@@H](O)CC(=O)N[C@H]1[C@H](OC[C@H]2OC[C@H](NC(=O)C[C@H](O)CCCCCCCCCCC)[C@@H](OC(=O)C[C@H](O)CCCCCCCCCCC)[C@@H]2O)O[C@H](CO)[C@@H](OP(=O)(O)O)[C@@H]1OC(=O)C[C@H](O)CCCCCCCCCCC. The summed E-state index contributed by atoms with van der Waals surface area (Å²) < 4.78 is 47.9. The molecular weight excluding hydrogens is 1180 g/mol. The van der Waals surface area contributed by atoms with E-state index in [1.165, 1.54) is 96.3 Å². The molecule has 0 aromatic heterocycles. The summed E-state index contributed by atoms with van der Waals surface area (Å²) in [6.45, 7) is 6.77. The molecule has 0 aromatic carbocycles. The third-order valence-corrected chi connectivity index (χ3v) is 18.1. The van der Waals surface area contributed by atoms with Gasteiger partial charge in [-0.3, -0.25) is 23.7 Å². The van der Waals surface area contributed by atoms with E-state index in [0.29, 0.717) is 38.5 Å². The van der Waals surface area contributed by atoms with E-state index < -0.39 is 143 Å². The molecule has 2 aliphatic heterocycles. The van der Waals surface area contributed by atoms with Crippen LogP contribution in [0.1, 0.15) is 310 Å². The highest BCUT2D eigenvalue weighted by Crippen LogP contribution is 2.42. The van der Waals surface area contributed by atoms with Crippen molar-refractivity contribution in [2.45, 2.75) is 390 Å². The summed E-state index contributed by atoms with van der Waals surface area (Å²) in [7, 11) is -5.46. The molecule has 0 spiro atoms. The summed E-state index contributed by atoms with van der Waals surface area (Å²) in [5.74, 6) is -3.24. The van der Waals surface area contributed by atoms with Gasteiger partial charge in [0.05, 0.1) is 76.0 Å². The van der Waals surface area contributed by atoms with E-state index in [9.17, 15) is 64.2 Å². The summed E-state index contributed by atoms with van der Waals surface area (Å²) >= 11 is 0. The molecule has 0 bridgehead atoms. The summed E-state index contributed by atoms with van der Waals surface area (Å²) in [4.78, 5) is 75.3. The van der Waals surface area contributed by atoms with Crippen molar-refractivity contribution in [1.29, 1.82) is 0 Å². The van der Waals surface area contributed by atoms with Crippen molar-refractivity contribution >= 4 is 31.6 Å². The number of rotatable bonds is 58. The third-order valence-electron chi connectivity index (χ3n) is 17.5. The van der Waals surface area contributed by atoms with Crippen LogP contribution in [0.2, 0.25) is 0 Å². The molecular formula is C68H129N2O19P. The lowest BCUT2D eigenvalue weighted by Crippen LogP contribution is -2.67. The number of esters is 2. The standard InChI is InChI=1S/C68H129N2O19P/c1-5-9-13-17-21-25-29-33-37-41-52(72)45-59(76)69-56-50-84-58(64(80)65(56)87-61(78)47-54(74)43-39-35-31-27-23-19-15-11-7-3)51-85-68-63(70-60(77)46-53(73)42-38-34-30-26-22-18-14-10-6-2)67(66(57(49-71)86-68)89-90(81,82)83)88-62(79)48-55(75)44-40-36-32-28-24-20-16-12-8-4/h52-58,63-68,71-75,80H,5-51H2,1-4H3,(H,69,76)(H,70,77)(H2,81,82,83)/t52-,53-,54-,55-,56+,57-,58-,63-,64-,65-,66-,67-,68-/m1/s1. The number of ether oxygens (including phenoxy) is 5. The lowest BCUT2D eigenvalue weighted by atomic mass is 9.95. The normalized spacial score (nSPS) is 22.6. The molecule has 21 nitrogen and oxygen atoms in total. The fourth-order valence-corrected chi connectivity index (χ4v) is 12.7. The van der Waals surface area contributed by atoms with Gasteiger partial charge in [-0.1, -0.05) is 259 Å². The van der Waals surface area contributed by atoms with Crippen molar-refractivity contribution in [3.63, 3.8) is 0 Å². The highest BCUT2D eigenvalue weighted by molar-refractivity contribution is 7.46. The van der Waals surface area contributed by atoms with Crippen molar-refractivity contribution in [3.05, 3.63) is 0 Å². The van der Waals surface area contributed by atoms with E-state index in [1.807, 2.05) is 0 Å². The first kappa shape index (κ1) is 83.7. The van der Waals surface area contributed by atoms with E-state index in [4.69, 9.17) is 28.2 Å². The Hall–Kier alpha value is -2.37. The largest absolute Gasteiger partial charge is 0.470 e. The maximum absolute atomic E-state index is 14.0. The van der Waals surface area contributed by atoms with Crippen LogP contribution in [0.4, 0.5) is 0 Å². The Kier molecular flexibility index (Phi) is 49.2. The topological polar surface area (TPSA) is 327 Å². The number of aliphatic hydroxyl groups is 6. The zero-order valence-corrected chi connectivity index (χ0v) is 57.1. The predicted octanol–water partition coefficient (Wildman–Crippen LogP) is 11.4. The Morgan fingerprint density at radius 2 is 0.800 bits per heavy atom. The Balaban J connectivity index is 2.37. The minimum Gasteiger partial charge on any atom is -0.457 e. The van der Waals surface area contributed by atoms with Crippen LogP contribution in [0.25, 0.3) is 0 Å². The summed E-state index contributed by atoms with van der Waals surface area (Å²) in [5, 5.41) is 72.1. The van der Waals surface area contributed by atoms with Crippen LogP contribution in [0.5, 0.6) is 0 Å². The lowest BCUT2D eigenvalue weighted by molar-refractivity contribution is -0.282. The molecule has 22 heteroatoms. The maximum atomic E-state index is 14.0. The summed E-state index contributed by atoms with van der Waals surface area (Å²) in [6, 6.07) is -2.81. The second kappa shape index (κ2) is 52.9. The second-order valence-corrected chi connectivity index (χ2v) is 27.3. The first-order valence-corrected chi connectivity index (χ1v) is 37.5. The minimum atomic E-state index is -5.46. The Bertz CT molecular complexity index is 1850. The number of phosphoric acid groups is 1. The van der Waals surface area contributed by atoms with E-state index >= 15 is 0 Å².